The zero-order valence-corrected chi connectivity index (χ0v) is 12.8. The predicted molar refractivity (Wildman–Crippen MR) is 88.2 cm³/mol. The number of carbonyl (C=O) groups excluding carboxylic acids is 1. The molecule has 0 aromatic heterocycles. The van der Waals surface area contributed by atoms with E-state index in [1.807, 2.05) is 6.07 Å². The molecule has 2 aromatic rings. The summed E-state index contributed by atoms with van der Waals surface area (Å²) >= 11 is 3.06. The van der Waals surface area contributed by atoms with Crippen LogP contribution in [0.15, 0.2) is 59.7 Å². The number of anilines is 2. The van der Waals surface area contributed by atoms with Gasteiger partial charge in [-0.25, -0.2) is 0 Å². The van der Waals surface area contributed by atoms with Crippen molar-refractivity contribution in [3.8, 4) is 0 Å². The third kappa shape index (κ3) is 4.38. The van der Waals surface area contributed by atoms with E-state index in [0.717, 1.165) is 0 Å². The fourth-order valence-corrected chi connectivity index (χ4v) is 1.71. The van der Waals surface area contributed by atoms with Gasteiger partial charge in [0.2, 0.25) is 0 Å². The van der Waals surface area contributed by atoms with Crippen LogP contribution in [0.5, 0.6) is 0 Å². The Morgan fingerprint density at radius 3 is 2.27 bits per heavy atom. The van der Waals surface area contributed by atoms with Crippen molar-refractivity contribution in [1.82, 2.24) is 0 Å². The molecular weight excluding hydrogens is 352 g/mol. The molecule has 0 bridgehead atoms. The van der Waals surface area contributed by atoms with Crippen molar-refractivity contribution in [3.05, 3.63) is 64.7 Å². The molecule has 8 heteroatoms. The predicted octanol–water partition coefficient (Wildman–Crippen LogP) is 3.35. The van der Waals surface area contributed by atoms with E-state index in [1.165, 1.54) is 24.3 Å². The number of benzene rings is 2. The topological polar surface area (TPSA) is 96.6 Å². The van der Waals surface area contributed by atoms with E-state index >= 15 is 0 Å². The Kier molecular flexibility index (Phi) is 5.21. The van der Waals surface area contributed by atoms with Gasteiger partial charge in [-0.2, -0.15) is 5.10 Å². The zero-order chi connectivity index (χ0) is 15.9. The Morgan fingerprint density at radius 1 is 1.05 bits per heavy atom. The number of carbonyl (C=O) groups is 1. The van der Waals surface area contributed by atoms with Crippen LogP contribution >= 0.6 is 15.9 Å². The first-order chi connectivity index (χ1) is 10.6. The highest BCUT2D eigenvalue weighted by Gasteiger charge is 2.08. The van der Waals surface area contributed by atoms with Crippen molar-refractivity contribution in [1.29, 1.82) is 0 Å². The number of nitro groups is 1. The van der Waals surface area contributed by atoms with Gasteiger partial charge in [0.1, 0.15) is 0 Å². The van der Waals surface area contributed by atoms with Crippen LogP contribution < -0.4 is 10.7 Å². The van der Waals surface area contributed by atoms with Crippen LogP contribution in [0, 0.1) is 10.1 Å². The van der Waals surface area contributed by atoms with Gasteiger partial charge in [0.25, 0.3) is 11.6 Å². The summed E-state index contributed by atoms with van der Waals surface area (Å²) in [6, 6.07) is 14.6. The highest BCUT2D eigenvalue weighted by Crippen LogP contribution is 2.15. The third-order valence-electron chi connectivity index (χ3n) is 2.58. The monoisotopic (exact) mass is 362 g/mol. The van der Waals surface area contributed by atoms with Gasteiger partial charge in [-0.3, -0.25) is 20.3 Å². The molecule has 0 fully saturated rings. The fourth-order valence-electron chi connectivity index (χ4n) is 1.53. The number of para-hydroxylation sites is 1. The number of hydrogen-bond acceptors (Lipinski definition) is 5. The number of rotatable bonds is 5. The first kappa shape index (κ1) is 15.6. The summed E-state index contributed by atoms with van der Waals surface area (Å²) in [5.74, 6) is -0.416. The summed E-state index contributed by atoms with van der Waals surface area (Å²) in [7, 11) is 0. The maximum Gasteiger partial charge on any atom is 0.283 e. The van der Waals surface area contributed by atoms with Gasteiger partial charge >= 0.3 is 0 Å². The lowest BCUT2D eigenvalue weighted by Gasteiger charge is -2.04. The molecule has 0 saturated carbocycles. The number of nitrogens with zero attached hydrogens (tertiary/aromatic N) is 2. The van der Waals surface area contributed by atoms with Gasteiger partial charge in [0, 0.05) is 17.8 Å². The quantitative estimate of drug-likeness (QED) is 0.484. The molecule has 2 rings (SSSR count). The van der Waals surface area contributed by atoms with Crippen molar-refractivity contribution < 1.29 is 9.72 Å². The van der Waals surface area contributed by atoms with E-state index in [9.17, 15) is 14.9 Å². The Balaban J connectivity index is 1.97. The second-order valence-electron chi connectivity index (χ2n) is 4.14. The smallest absolute Gasteiger partial charge is 0.283 e. The Morgan fingerprint density at radius 2 is 1.68 bits per heavy atom. The van der Waals surface area contributed by atoms with Crippen molar-refractivity contribution >= 4 is 43.5 Å². The Labute approximate surface area is 134 Å². The van der Waals surface area contributed by atoms with Crippen molar-refractivity contribution in [2.75, 3.05) is 10.7 Å². The van der Waals surface area contributed by atoms with Crippen LogP contribution in [0.25, 0.3) is 0 Å². The van der Waals surface area contributed by atoms with E-state index in [4.69, 9.17) is 0 Å². The fraction of sp³-hybridized carbons (Fsp3) is 0. The van der Waals surface area contributed by atoms with Crippen molar-refractivity contribution in [2.24, 2.45) is 5.10 Å². The summed E-state index contributed by atoms with van der Waals surface area (Å²) in [5.41, 5.74) is 3.79. The summed E-state index contributed by atoms with van der Waals surface area (Å²) < 4.78 is 0.0507. The number of hydrazone groups is 1. The SMILES string of the molecule is O=C(Nc1ccccc1)/C(Br)=N\Nc1ccc([N+](=O)[O-])cc1. The molecule has 0 heterocycles. The first-order valence-corrected chi connectivity index (χ1v) is 6.95. The molecule has 0 aliphatic rings. The minimum Gasteiger partial charge on any atom is -0.320 e. The minimum absolute atomic E-state index is 0.0181. The number of amides is 1. The van der Waals surface area contributed by atoms with Gasteiger partial charge in [-0.1, -0.05) is 18.2 Å². The first-order valence-electron chi connectivity index (χ1n) is 6.16. The zero-order valence-electron chi connectivity index (χ0n) is 11.2. The van der Waals surface area contributed by atoms with Crippen molar-refractivity contribution in [3.63, 3.8) is 0 Å². The number of nitrogens with one attached hydrogen (secondary N) is 2. The molecule has 2 aromatic carbocycles. The molecule has 2 N–H and O–H groups in total. The molecule has 0 unspecified atom stereocenters. The van der Waals surface area contributed by atoms with Crippen LogP contribution in [0.1, 0.15) is 0 Å². The lowest BCUT2D eigenvalue weighted by Crippen LogP contribution is -2.19. The van der Waals surface area contributed by atoms with Gasteiger partial charge in [-0.05, 0) is 40.2 Å². The second-order valence-corrected chi connectivity index (χ2v) is 4.89. The molecule has 22 heavy (non-hydrogen) atoms. The van der Waals surface area contributed by atoms with Crippen LogP contribution in [-0.2, 0) is 4.79 Å². The molecule has 1 amide bonds. The second kappa shape index (κ2) is 7.32. The summed E-state index contributed by atoms with van der Waals surface area (Å²) in [4.78, 5) is 21.9. The van der Waals surface area contributed by atoms with E-state index in [0.29, 0.717) is 11.4 Å². The summed E-state index contributed by atoms with van der Waals surface area (Å²) in [6.45, 7) is 0. The lowest BCUT2D eigenvalue weighted by atomic mass is 10.3. The molecule has 0 spiro atoms. The molecular formula is C14H11BrN4O3. The number of halogens is 1. The molecule has 0 aliphatic heterocycles. The molecule has 0 aliphatic carbocycles. The molecule has 112 valence electrons. The van der Waals surface area contributed by atoms with Crippen LogP contribution in [0.4, 0.5) is 17.1 Å². The molecule has 7 nitrogen and oxygen atoms in total. The van der Waals surface area contributed by atoms with Crippen LogP contribution in [-0.4, -0.2) is 15.5 Å². The average molecular weight is 363 g/mol. The highest BCUT2D eigenvalue weighted by molar-refractivity contribution is 9.19. The molecule has 0 radical (unpaired) electrons. The van der Waals surface area contributed by atoms with E-state index < -0.39 is 10.8 Å². The number of non-ortho nitro benzene ring substituents is 1. The number of hydrogen-bond donors (Lipinski definition) is 2. The van der Waals surface area contributed by atoms with E-state index in [-0.39, 0.29) is 10.3 Å². The van der Waals surface area contributed by atoms with Crippen LogP contribution in [0.2, 0.25) is 0 Å². The summed E-state index contributed by atoms with van der Waals surface area (Å²) in [5, 5.41) is 17.1. The third-order valence-corrected chi connectivity index (χ3v) is 3.12. The van der Waals surface area contributed by atoms with Gasteiger partial charge in [-0.15, -0.1) is 0 Å². The van der Waals surface area contributed by atoms with Gasteiger partial charge in [0.05, 0.1) is 10.6 Å². The van der Waals surface area contributed by atoms with Crippen molar-refractivity contribution in [2.45, 2.75) is 0 Å². The average Bonchev–Trinajstić information content (AvgIpc) is 2.53. The highest BCUT2D eigenvalue weighted by atomic mass is 79.9. The normalized spacial score (nSPS) is 10.9. The molecule has 0 atom stereocenters. The van der Waals surface area contributed by atoms with Crippen LogP contribution in [0.3, 0.4) is 0 Å². The van der Waals surface area contributed by atoms with E-state index in [2.05, 4.69) is 31.8 Å². The molecule has 0 saturated heterocycles. The maximum absolute atomic E-state index is 11.9. The maximum atomic E-state index is 11.9. The largest absolute Gasteiger partial charge is 0.320 e. The minimum atomic E-state index is -0.490. The van der Waals surface area contributed by atoms with Gasteiger partial charge in [0.15, 0.2) is 4.62 Å². The Hall–Kier alpha value is -2.74. The summed E-state index contributed by atoms with van der Waals surface area (Å²) in [6.07, 6.45) is 0. The Bertz CT molecular complexity index is 702. The van der Waals surface area contributed by atoms with E-state index in [1.54, 1.807) is 24.3 Å². The lowest BCUT2D eigenvalue weighted by molar-refractivity contribution is -0.384. The number of nitro benzene ring substituents is 1. The standard InChI is InChI=1S/C14H11BrN4O3/c15-13(14(20)16-10-4-2-1-3-5-10)18-17-11-6-8-12(9-7-11)19(21)22/h1-9,17H,(H,16,20)/b18-13+. The van der Waals surface area contributed by atoms with Gasteiger partial charge < -0.3 is 5.32 Å².